The molecule has 0 spiro atoms. The maximum Gasteiger partial charge on any atom is 0.257 e. The molecule has 210 valence electrons. The number of amides is 1. The Kier molecular flexibility index (Phi) is 9.01. The normalized spacial score (nSPS) is 17.8. The van der Waals surface area contributed by atoms with Gasteiger partial charge >= 0.3 is 0 Å². The van der Waals surface area contributed by atoms with Gasteiger partial charge in [-0.15, -0.1) is 0 Å². The zero-order valence-corrected chi connectivity index (χ0v) is 24.2. The second-order valence-electron chi connectivity index (χ2n) is 9.65. The number of aliphatic hydroxyl groups is 1. The number of para-hydroxylation sites is 1. The zero-order chi connectivity index (χ0) is 28.7. The van der Waals surface area contributed by atoms with E-state index in [9.17, 15) is 4.79 Å². The van der Waals surface area contributed by atoms with Crippen molar-refractivity contribution in [3.63, 3.8) is 0 Å². The Balaban J connectivity index is 1.61. The maximum absolute atomic E-state index is 14.4. The lowest BCUT2D eigenvalue weighted by atomic mass is 9.82. The van der Waals surface area contributed by atoms with Crippen LogP contribution in [0.5, 0.6) is 11.5 Å². The van der Waals surface area contributed by atoms with Gasteiger partial charge in [-0.3, -0.25) is 4.79 Å². The topological polar surface area (TPSA) is 89.4 Å². The number of halogens is 1. The van der Waals surface area contributed by atoms with E-state index in [1.807, 2.05) is 103 Å². The summed E-state index contributed by atoms with van der Waals surface area (Å²) in [6.07, 6.45) is 0.0817. The molecule has 1 aliphatic heterocycles. The summed E-state index contributed by atoms with van der Waals surface area (Å²) in [5, 5.41) is 12.1. The fraction of sp³-hybridized carbons (Fsp3) is 0.212. The van der Waals surface area contributed by atoms with Crippen molar-refractivity contribution >= 4 is 33.4 Å². The first kappa shape index (κ1) is 28.4. The van der Waals surface area contributed by atoms with Crippen LogP contribution in [0, 0.1) is 0 Å². The Hall–Kier alpha value is -4.14. The van der Waals surface area contributed by atoms with Crippen molar-refractivity contribution in [1.29, 1.82) is 0 Å². The Bertz CT molecular complexity index is 1510. The van der Waals surface area contributed by atoms with Crippen LogP contribution in [0.25, 0.3) is 0 Å². The minimum atomic E-state index is -1.35. The molecule has 5 rings (SSSR count). The molecule has 4 aromatic rings. The number of nitrogens with one attached hydrogen (secondary N) is 1. The molecule has 2 N–H and O–H groups in total. The van der Waals surface area contributed by atoms with E-state index < -0.39 is 11.6 Å². The SMILES string of the molecule is COc1cccc([C@H]2OC(c3ccc(OCCCO)cc3)=N[C@@]2(Cc2ccccc2Br)C(=O)Nc2ccccc2)c1. The second kappa shape index (κ2) is 13.0. The van der Waals surface area contributed by atoms with Crippen molar-refractivity contribution in [2.75, 3.05) is 25.6 Å². The summed E-state index contributed by atoms with van der Waals surface area (Å²) in [6.45, 7) is 0.485. The van der Waals surface area contributed by atoms with E-state index in [-0.39, 0.29) is 18.9 Å². The van der Waals surface area contributed by atoms with E-state index in [0.29, 0.717) is 41.7 Å². The third-order valence-corrected chi connectivity index (χ3v) is 7.65. The highest BCUT2D eigenvalue weighted by Gasteiger charge is 2.53. The summed E-state index contributed by atoms with van der Waals surface area (Å²) >= 11 is 3.67. The average molecular weight is 616 g/mol. The third-order valence-electron chi connectivity index (χ3n) is 6.88. The zero-order valence-electron chi connectivity index (χ0n) is 22.6. The molecule has 1 heterocycles. The highest BCUT2D eigenvalue weighted by atomic mass is 79.9. The number of aliphatic imine (C=N–C) groups is 1. The fourth-order valence-corrected chi connectivity index (χ4v) is 5.20. The van der Waals surface area contributed by atoms with Crippen molar-refractivity contribution in [2.24, 2.45) is 4.99 Å². The first-order chi connectivity index (χ1) is 20.0. The number of hydrogen-bond donors (Lipinski definition) is 2. The van der Waals surface area contributed by atoms with Crippen LogP contribution in [0.2, 0.25) is 0 Å². The lowest BCUT2D eigenvalue weighted by Gasteiger charge is -2.31. The highest BCUT2D eigenvalue weighted by Crippen LogP contribution is 2.44. The molecular formula is C33H31BrN2O5. The Morgan fingerprint density at radius 3 is 2.46 bits per heavy atom. The molecule has 0 aromatic heterocycles. The van der Waals surface area contributed by atoms with E-state index in [4.69, 9.17) is 24.3 Å². The molecule has 0 aliphatic carbocycles. The van der Waals surface area contributed by atoms with Gasteiger partial charge in [-0.1, -0.05) is 64.5 Å². The van der Waals surface area contributed by atoms with Crippen LogP contribution in [-0.2, 0) is 16.0 Å². The van der Waals surface area contributed by atoms with Crippen LogP contribution >= 0.6 is 15.9 Å². The van der Waals surface area contributed by atoms with E-state index in [0.717, 1.165) is 15.6 Å². The Morgan fingerprint density at radius 1 is 0.976 bits per heavy atom. The molecule has 0 fully saturated rings. The molecule has 41 heavy (non-hydrogen) atoms. The predicted octanol–water partition coefficient (Wildman–Crippen LogP) is 6.36. The molecule has 2 atom stereocenters. The van der Waals surface area contributed by atoms with Crippen molar-refractivity contribution in [3.8, 4) is 11.5 Å². The summed E-state index contributed by atoms with van der Waals surface area (Å²) in [6, 6.07) is 32.1. The molecular weight excluding hydrogens is 584 g/mol. The van der Waals surface area contributed by atoms with Gasteiger partial charge in [0, 0.05) is 35.2 Å². The molecule has 0 unspecified atom stereocenters. The van der Waals surface area contributed by atoms with Gasteiger partial charge < -0.3 is 24.6 Å². The number of aliphatic hydroxyl groups excluding tert-OH is 1. The van der Waals surface area contributed by atoms with Crippen molar-refractivity contribution < 1.29 is 24.1 Å². The van der Waals surface area contributed by atoms with E-state index >= 15 is 0 Å². The monoisotopic (exact) mass is 614 g/mol. The van der Waals surface area contributed by atoms with Crippen LogP contribution in [0.4, 0.5) is 5.69 Å². The maximum atomic E-state index is 14.4. The molecule has 7 nitrogen and oxygen atoms in total. The summed E-state index contributed by atoms with van der Waals surface area (Å²) in [5.41, 5.74) is 1.72. The van der Waals surface area contributed by atoms with E-state index in [1.165, 1.54) is 0 Å². The number of anilines is 1. The van der Waals surface area contributed by atoms with Gasteiger partial charge in [-0.25, -0.2) is 4.99 Å². The molecule has 0 bridgehead atoms. The van der Waals surface area contributed by atoms with Gasteiger partial charge in [0.1, 0.15) is 11.5 Å². The van der Waals surface area contributed by atoms with Crippen molar-refractivity contribution in [1.82, 2.24) is 0 Å². The minimum absolute atomic E-state index is 0.0685. The quantitative estimate of drug-likeness (QED) is 0.192. The Morgan fingerprint density at radius 2 is 1.73 bits per heavy atom. The fourth-order valence-electron chi connectivity index (χ4n) is 4.78. The van der Waals surface area contributed by atoms with Crippen molar-refractivity contribution in [2.45, 2.75) is 24.5 Å². The molecule has 0 saturated heterocycles. The number of hydrogen-bond acceptors (Lipinski definition) is 6. The number of methoxy groups -OCH3 is 1. The summed E-state index contributed by atoms with van der Waals surface area (Å²) in [7, 11) is 1.61. The van der Waals surface area contributed by atoms with Gasteiger partial charge in [0.2, 0.25) is 5.90 Å². The smallest absolute Gasteiger partial charge is 0.257 e. The predicted molar refractivity (Wildman–Crippen MR) is 163 cm³/mol. The minimum Gasteiger partial charge on any atom is -0.497 e. The van der Waals surface area contributed by atoms with Gasteiger partial charge in [0.05, 0.1) is 13.7 Å². The number of nitrogens with zero attached hydrogens (tertiary/aromatic N) is 1. The lowest BCUT2D eigenvalue weighted by Crippen LogP contribution is -2.46. The lowest BCUT2D eigenvalue weighted by molar-refractivity contribution is -0.123. The standard InChI is InChI=1S/C33H31BrN2O5/c1-39-28-13-7-10-24(21-28)30-33(22-25-9-5-6-14-29(25)34,32(38)35-26-11-3-2-4-12-26)36-31(41-30)23-15-17-27(18-16-23)40-20-8-19-37/h2-7,9-18,21,30,37H,8,19-20,22H2,1H3,(H,35,38)/t30-,33-/m1/s1. The number of carbonyl (C=O) groups is 1. The van der Waals surface area contributed by atoms with E-state index in [1.54, 1.807) is 7.11 Å². The number of benzene rings is 4. The molecule has 1 aliphatic rings. The van der Waals surface area contributed by atoms with Crippen molar-refractivity contribution in [3.05, 3.63) is 124 Å². The van der Waals surface area contributed by atoms with Crippen LogP contribution in [0.15, 0.2) is 113 Å². The van der Waals surface area contributed by atoms with Gasteiger partial charge in [0.15, 0.2) is 11.6 Å². The summed E-state index contributed by atoms with van der Waals surface area (Å²) < 4.78 is 18.7. The van der Waals surface area contributed by atoms with Gasteiger partial charge in [-0.2, -0.15) is 0 Å². The second-order valence-corrected chi connectivity index (χ2v) is 10.5. The molecule has 0 radical (unpaired) electrons. The molecule has 0 saturated carbocycles. The van der Waals surface area contributed by atoms with Crippen LogP contribution < -0.4 is 14.8 Å². The first-order valence-corrected chi connectivity index (χ1v) is 14.2. The number of ether oxygens (including phenoxy) is 3. The number of rotatable bonds is 11. The Labute approximate surface area is 247 Å². The van der Waals surface area contributed by atoms with Gasteiger partial charge in [0.25, 0.3) is 5.91 Å². The molecule has 4 aromatic carbocycles. The first-order valence-electron chi connectivity index (χ1n) is 13.4. The number of carbonyl (C=O) groups excluding carboxylic acids is 1. The van der Waals surface area contributed by atoms with Crippen LogP contribution in [0.1, 0.15) is 29.2 Å². The van der Waals surface area contributed by atoms with E-state index in [2.05, 4.69) is 21.2 Å². The highest BCUT2D eigenvalue weighted by molar-refractivity contribution is 9.10. The molecule has 1 amide bonds. The third kappa shape index (κ3) is 6.45. The summed E-state index contributed by atoms with van der Waals surface area (Å²) in [4.78, 5) is 19.5. The largest absolute Gasteiger partial charge is 0.497 e. The van der Waals surface area contributed by atoms with Gasteiger partial charge in [-0.05, 0) is 65.7 Å². The van der Waals surface area contributed by atoms with Crippen LogP contribution in [0.3, 0.4) is 0 Å². The average Bonchev–Trinajstić information content (AvgIpc) is 3.40. The molecule has 8 heteroatoms. The van der Waals surface area contributed by atoms with Crippen LogP contribution in [-0.4, -0.2) is 42.8 Å². The summed E-state index contributed by atoms with van der Waals surface area (Å²) in [5.74, 6) is 1.40.